The van der Waals surface area contributed by atoms with Crippen LogP contribution in [-0.4, -0.2) is 42.1 Å². The second-order valence-electron chi connectivity index (χ2n) is 7.04. The molecule has 5 rings (SSSR count). The molecule has 0 aliphatic carbocycles. The molecule has 8 heteroatoms. The minimum atomic E-state index is -0.287. The zero-order chi connectivity index (χ0) is 19.3. The zero-order valence-corrected chi connectivity index (χ0v) is 15.2. The van der Waals surface area contributed by atoms with Crippen LogP contribution in [0.5, 0.6) is 0 Å². The van der Waals surface area contributed by atoms with Crippen molar-refractivity contribution in [2.45, 2.75) is 12.5 Å². The average Bonchev–Trinajstić information content (AvgIpc) is 3.34. The molecule has 0 spiro atoms. The molecule has 1 unspecified atom stereocenters. The molecule has 1 amide bonds. The van der Waals surface area contributed by atoms with Crippen molar-refractivity contribution < 1.29 is 4.79 Å². The van der Waals surface area contributed by atoms with Gasteiger partial charge in [0.05, 0.1) is 36.0 Å². The summed E-state index contributed by atoms with van der Waals surface area (Å²) in [4.78, 5) is 37.6. The summed E-state index contributed by atoms with van der Waals surface area (Å²) in [6.45, 7) is 0.898. The molecule has 1 atom stereocenters. The number of carbonyl (C=O) groups is 1. The summed E-state index contributed by atoms with van der Waals surface area (Å²) in [5, 5.41) is 5.00. The summed E-state index contributed by atoms with van der Waals surface area (Å²) in [7, 11) is 1.86. The van der Waals surface area contributed by atoms with E-state index in [-0.39, 0.29) is 17.4 Å². The van der Waals surface area contributed by atoms with Gasteiger partial charge in [-0.2, -0.15) is 5.10 Å². The highest BCUT2D eigenvalue weighted by Gasteiger charge is 2.33. The highest BCUT2D eigenvalue weighted by atomic mass is 16.2. The minimum Gasteiger partial charge on any atom is -0.347 e. The van der Waals surface area contributed by atoms with Gasteiger partial charge in [-0.25, -0.2) is 4.98 Å². The standard InChI is InChI=1S/C20H18N6O2/c1-25-8-12(7-23-25)15-9-26(10-17-19(15)22-11-21-17)20(28)14-6-18(27)24-16-5-3-2-4-13(14)16/h2-8,11,15H,9-10H2,1H3,(H,21,22)(H,24,27). The highest BCUT2D eigenvalue weighted by Crippen LogP contribution is 2.32. The lowest BCUT2D eigenvalue weighted by Gasteiger charge is -2.32. The molecule has 3 aromatic heterocycles. The van der Waals surface area contributed by atoms with Crippen molar-refractivity contribution in [1.29, 1.82) is 0 Å². The second-order valence-corrected chi connectivity index (χ2v) is 7.04. The van der Waals surface area contributed by atoms with Crippen LogP contribution in [0.1, 0.15) is 33.2 Å². The Morgan fingerprint density at radius 1 is 1.29 bits per heavy atom. The fourth-order valence-electron chi connectivity index (χ4n) is 3.91. The SMILES string of the molecule is Cn1cc(C2CN(C(=O)c3cc(=O)[nH]c4ccccc34)Cc3[nH]cnc32)cn1. The van der Waals surface area contributed by atoms with Crippen LogP contribution >= 0.6 is 0 Å². The first-order valence-corrected chi connectivity index (χ1v) is 9.02. The summed E-state index contributed by atoms with van der Waals surface area (Å²) in [5.41, 5.74) is 3.62. The van der Waals surface area contributed by atoms with Crippen LogP contribution in [0.25, 0.3) is 10.9 Å². The number of imidazole rings is 1. The van der Waals surface area contributed by atoms with Gasteiger partial charge >= 0.3 is 0 Å². The number of pyridine rings is 1. The van der Waals surface area contributed by atoms with Crippen LogP contribution in [-0.2, 0) is 13.6 Å². The van der Waals surface area contributed by atoms with Gasteiger partial charge in [0.25, 0.3) is 5.91 Å². The van der Waals surface area contributed by atoms with E-state index in [1.54, 1.807) is 28.2 Å². The van der Waals surface area contributed by atoms with E-state index in [4.69, 9.17) is 0 Å². The van der Waals surface area contributed by atoms with Crippen molar-refractivity contribution in [2.24, 2.45) is 7.05 Å². The molecule has 4 aromatic rings. The van der Waals surface area contributed by atoms with Gasteiger partial charge in [-0.15, -0.1) is 0 Å². The van der Waals surface area contributed by atoms with Gasteiger partial charge in [0, 0.05) is 48.2 Å². The number of amides is 1. The molecule has 2 N–H and O–H groups in total. The normalized spacial score (nSPS) is 16.3. The largest absolute Gasteiger partial charge is 0.347 e. The van der Waals surface area contributed by atoms with E-state index in [1.165, 1.54) is 6.07 Å². The maximum absolute atomic E-state index is 13.4. The van der Waals surface area contributed by atoms with Gasteiger partial charge in [-0.05, 0) is 6.07 Å². The zero-order valence-electron chi connectivity index (χ0n) is 15.2. The Balaban J connectivity index is 1.57. The number of aromatic amines is 2. The number of hydrogen-bond donors (Lipinski definition) is 2. The van der Waals surface area contributed by atoms with E-state index in [0.29, 0.717) is 24.2 Å². The molecule has 8 nitrogen and oxygen atoms in total. The topological polar surface area (TPSA) is 99.7 Å². The monoisotopic (exact) mass is 374 g/mol. The number of nitrogens with one attached hydrogen (secondary N) is 2. The van der Waals surface area contributed by atoms with Crippen LogP contribution in [0.15, 0.2) is 53.8 Å². The van der Waals surface area contributed by atoms with Crippen molar-refractivity contribution in [3.63, 3.8) is 0 Å². The molecule has 0 radical (unpaired) electrons. The number of nitrogens with zero attached hydrogens (tertiary/aromatic N) is 4. The lowest BCUT2D eigenvalue weighted by Crippen LogP contribution is -2.39. The van der Waals surface area contributed by atoms with Gasteiger partial charge < -0.3 is 14.9 Å². The number of carbonyl (C=O) groups excluding carboxylic acids is 1. The average molecular weight is 374 g/mol. The first-order valence-electron chi connectivity index (χ1n) is 9.02. The van der Waals surface area contributed by atoms with E-state index >= 15 is 0 Å². The summed E-state index contributed by atoms with van der Waals surface area (Å²) in [5.74, 6) is -0.239. The van der Waals surface area contributed by atoms with Gasteiger partial charge in [-0.3, -0.25) is 14.3 Å². The Hall–Kier alpha value is -3.68. The number of benzene rings is 1. The smallest absolute Gasteiger partial charge is 0.255 e. The van der Waals surface area contributed by atoms with Gasteiger partial charge in [0.1, 0.15) is 0 Å². The van der Waals surface area contributed by atoms with Crippen molar-refractivity contribution >= 4 is 16.8 Å². The Bertz CT molecular complexity index is 1250. The Morgan fingerprint density at radius 2 is 2.14 bits per heavy atom. The Labute approximate surface area is 159 Å². The molecular weight excluding hydrogens is 356 g/mol. The molecule has 1 aliphatic heterocycles. The number of H-pyrrole nitrogens is 2. The molecule has 4 heterocycles. The predicted octanol–water partition coefficient (Wildman–Crippen LogP) is 1.77. The number of aryl methyl sites for hydroxylation is 1. The number of rotatable bonds is 2. The lowest BCUT2D eigenvalue weighted by atomic mass is 9.92. The third-order valence-electron chi connectivity index (χ3n) is 5.23. The fourth-order valence-corrected chi connectivity index (χ4v) is 3.91. The van der Waals surface area contributed by atoms with E-state index < -0.39 is 0 Å². The van der Waals surface area contributed by atoms with Gasteiger partial charge in [0.2, 0.25) is 5.56 Å². The third kappa shape index (κ3) is 2.61. The second kappa shape index (κ2) is 6.19. The molecule has 0 bridgehead atoms. The van der Waals surface area contributed by atoms with Crippen LogP contribution < -0.4 is 5.56 Å². The number of aromatic nitrogens is 5. The van der Waals surface area contributed by atoms with Crippen molar-refractivity contribution in [3.05, 3.63) is 81.9 Å². The van der Waals surface area contributed by atoms with E-state index in [0.717, 1.165) is 22.3 Å². The predicted molar refractivity (Wildman–Crippen MR) is 103 cm³/mol. The molecule has 28 heavy (non-hydrogen) atoms. The van der Waals surface area contributed by atoms with Crippen molar-refractivity contribution in [2.75, 3.05) is 6.54 Å². The molecule has 0 saturated carbocycles. The Kier molecular flexibility index (Phi) is 3.65. The summed E-state index contributed by atoms with van der Waals surface area (Å²) < 4.78 is 1.74. The van der Waals surface area contributed by atoms with Crippen LogP contribution in [0.3, 0.4) is 0 Å². The summed E-state index contributed by atoms with van der Waals surface area (Å²) in [6, 6.07) is 8.73. The van der Waals surface area contributed by atoms with E-state index in [1.807, 2.05) is 31.4 Å². The highest BCUT2D eigenvalue weighted by molar-refractivity contribution is 6.06. The van der Waals surface area contributed by atoms with Crippen LogP contribution in [0.2, 0.25) is 0 Å². The van der Waals surface area contributed by atoms with Crippen LogP contribution in [0, 0.1) is 0 Å². The van der Waals surface area contributed by atoms with Crippen molar-refractivity contribution in [3.8, 4) is 0 Å². The number of hydrogen-bond acceptors (Lipinski definition) is 4. The summed E-state index contributed by atoms with van der Waals surface area (Å²) >= 11 is 0. The summed E-state index contributed by atoms with van der Waals surface area (Å²) in [6.07, 6.45) is 5.41. The van der Waals surface area contributed by atoms with Crippen molar-refractivity contribution in [1.82, 2.24) is 29.6 Å². The molecule has 0 fully saturated rings. The molecule has 0 saturated heterocycles. The minimum absolute atomic E-state index is 0.0686. The maximum Gasteiger partial charge on any atom is 0.255 e. The molecule has 140 valence electrons. The third-order valence-corrected chi connectivity index (χ3v) is 5.23. The number of para-hydroxylation sites is 1. The molecule has 1 aliphatic rings. The van der Waals surface area contributed by atoms with Crippen LogP contribution in [0.4, 0.5) is 0 Å². The number of fused-ring (bicyclic) bond motifs is 2. The molecular formula is C20H18N6O2. The first-order chi connectivity index (χ1) is 13.6. The quantitative estimate of drug-likeness (QED) is 0.558. The van der Waals surface area contributed by atoms with Gasteiger partial charge in [-0.1, -0.05) is 18.2 Å². The first kappa shape index (κ1) is 16.5. The van der Waals surface area contributed by atoms with Gasteiger partial charge in [0.15, 0.2) is 0 Å². The molecule has 1 aromatic carbocycles. The van der Waals surface area contributed by atoms with E-state index in [2.05, 4.69) is 20.1 Å². The van der Waals surface area contributed by atoms with E-state index in [9.17, 15) is 9.59 Å². The Morgan fingerprint density at radius 3 is 2.96 bits per heavy atom. The maximum atomic E-state index is 13.4. The fraction of sp³-hybridized carbons (Fsp3) is 0.200. The lowest BCUT2D eigenvalue weighted by molar-refractivity contribution is 0.0723.